The standard InChI is InChI=1S/C27H21F3N2O4S/c1-2-23(19-4-3-5-22(15-19)37(35,36)27(28,29)30)26(20-11-12-24-21(14-20)16-31-32-24)18-9-6-17(7-10-18)8-13-25(33)34/h3-16H,2H2,1H3,(H,31,32)(H,33,34)/b13-8+,26-23?. The Balaban J connectivity index is 1.95. The number of allylic oxidation sites excluding steroid dienone is 1. The van der Waals surface area contributed by atoms with Gasteiger partial charge in [-0.2, -0.15) is 18.3 Å². The van der Waals surface area contributed by atoms with Gasteiger partial charge in [-0.25, -0.2) is 13.2 Å². The molecular formula is C27H21F3N2O4S. The van der Waals surface area contributed by atoms with Gasteiger partial charge >= 0.3 is 11.5 Å². The number of H-pyrrole nitrogens is 1. The van der Waals surface area contributed by atoms with Crippen molar-refractivity contribution in [2.45, 2.75) is 23.7 Å². The second kappa shape index (κ2) is 10.1. The summed E-state index contributed by atoms with van der Waals surface area (Å²) in [7, 11) is -5.53. The van der Waals surface area contributed by atoms with E-state index in [4.69, 9.17) is 5.11 Å². The molecule has 37 heavy (non-hydrogen) atoms. The minimum absolute atomic E-state index is 0.338. The monoisotopic (exact) mass is 526 g/mol. The summed E-state index contributed by atoms with van der Waals surface area (Å²) in [6, 6.07) is 17.4. The first-order valence-electron chi connectivity index (χ1n) is 11.1. The molecule has 6 nitrogen and oxygen atoms in total. The van der Waals surface area contributed by atoms with E-state index >= 15 is 0 Å². The van der Waals surface area contributed by atoms with E-state index in [9.17, 15) is 26.4 Å². The fraction of sp³-hybridized carbons (Fsp3) is 0.111. The highest BCUT2D eigenvalue weighted by atomic mass is 32.2. The summed E-state index contributed by atoms with van der Waals surface area (Å²) in [5.74, 6) is -1.08. The normalized spacial score (nSPS) is 13.2. The first-order valence-corrected chi connectivity index (χ1v) is 12.6. The van der Waals surface area contributed by atoms with Crippen molar-refractivity contribution in [2.24, 2.45) is 0 Å². The molecule has 0 fully saturated rings. The van der Waals surface area contributed by atoms with Gasteiger partial charge in [-0.1, -0.05) is 49.4 Å². The minimum atomic E-state index is -5.53. The number of alkyl halides is 3. The molecule has 0 saturated carbocycles. The third-order valence-electron chi connectivity index (χ3n) is 5.80. The van der Waals surface area contributed by atoms with Crippen molar-refractivity contribution in [3.8, 4) is 0 Å². The number of sulfone groups is 1. The molecule has 0 aliphatic heterocycles. The van der Waals surface area contributed by atoms with Crippen LogP contribution in [-0.2, 0) is 14.6 Å². The quantitative estimate of drug-likeness (QED) is 0.217. The van der Waals surface area contributed by atoms with E-state index in [0.717, 1.165) is 40.2 Å². The van der Waals surface area contributed by atoms with Gasteiger partial charge in [0.15, 0.2) is 0 Å². The number of fused-ring (bicyclic) bond motifs is 1. The summed E-state index contributed by atoms with van der Waals surface area (Å²) in [4.78, 5) is 10.0. The lowest BCUT2D eigenvalue weighted by Gasteiger charge is -2.18. The van der Waals surface area contributed by atoms with Gasteiger partial charge in [-0.3, -0.25) is 5.10 Å². The molecule has 0 unspecified atom stereocenters. The molecule has 190 valence electrons. The molecule has 0 bridgehead atoms. The lowest BCUT2D eigenvalue weighted by atomic mass is 9.87. The second-order valence-electron chi connectivity index (χ2n) is 8.15. The van der Waals surface area contributed by atoms with E-state index < -0.39 is 26.2 Å². The molecule has 3 aromatic carbocycles. The Morgan fingerprint density at radius 1 is 1.00 bits per heavy atom. The Hall–Kier alpha value is -4.18. The lowest BCUT2D eigenvalue weighted by Crippen LogP contribution is -2.23. The summed E-state index contributed by atoms with van der Waals surface area (Å²) < 4.78 is 63.9. The molecular weight excluding hydrogens is 505 g/mol. The maximum atomic E-state index is 13.2. The molecule has 0 aliphatic rings. The van der Waals surface area contributed by atoms with E-state index in [-0.39, 0.29) is 0 Å². The highest BCUT2D eigenvalue weighted by Gasteiger charge is 2.46. The van der Waals surface area contributed by atoms with Gasteiger partial charge < -0.3 is 5.11 Å². The van der Waals surface area contributed by atoms with Crippen LogP contribution in [0.15, 0.2) is 83.9 Å². The first kappa shape index (κ1) is 25.9. The fourth-order valence-electron chi connectivity index (χ4n) is 4.05. The fourth-order valence-corrected chi connectivity index (χ4v) is 4.86. The van der Waals surface area contributed by atoms with Crippen molar-refractivity contribution < 1.29 is 31.5 Å². The number of hydrogen-bond acceptors (Lipinski definition) is 4. The molecule has 0 saturated heterocycles. The van der Waals surface area contributed by atoms with Gasteiger partial charge in [-0.05, 0) is 70.2 Å². The van der Waals surface area contributed by atoms with Gasteiger partial charge in [0.25, 0.3) is 9.84 Å². The smallest absolute Gasteiger partial charge is 0.478 e. The molecule has 0 atom stereocenters. The van der Waals surface area contributed by atoms with Gasteiger partial charge in [0.2, 0.25) is 0 Å². The van der Waals surface area contributed by atoms with Crippen LogP contribution in [-0.4, -0.2) is 35.2 Å². The second-order valence-corrected chi connectivity index (χ2v) is 10.1. The van der Waals surface area contributed by atoms with Gasteiger partial charge in [0.05, 0.1) is 16.6 Å². The van der Waals surface area contributed by atoms with Crippen LogP contribution in [0.3, 0.4) is 0 Å². The summed E-state index contributed by atoms with van der Waals surface area (Å²) in [5.41, 5.74) is -0.835. The van der Waals surface area contributed by atoms with Crippen molar-refractivity contribution in [2.75, 3.05) is 0 Å². The van der Waals surface area contributed by atoms with Crippen LogP contribution >= 0.6 is 0 Å². The molecule has 4 aromatic rings. The van der Waals surface area contributed by atoms with Gasteiger partial charge in [0, 0.05) is 11.5 Å². The Bertz CT molecular complexity index is 1630. The number of rotatable bonds is 7. The molecule has 0 radical (unpaired) electrons. The molecule has 0 aliphatic carbocycles. The number of carboxylic acids is 1. The van der Waals surface area contributed by atoms with Crippen LogP contribution < -0.4 is 0 Å². The third kappa shape index (κ3) is 5.34. The zero-order valence-corrected chi connectivity index (χ0v) is 20.3. The van der Waals surface area contributed by atoms with E-state index in [1.807, 2.05) is 25.1 Å². The molecule has 0 spiro atoms. The van der Waals surface area contributed by atoms with Gasteiger partial charge in [0.1, 0.15) is 0 Å². The number of nitrogens with one attached hydrogen (secondary N) is 1. The molecule has 10 heteroatoms. The SMILES string of the molecule is CCC(=C(c1ccc(/C=C/C(=O)O)cc1)c1ccc2[nH]ncc2c1)c1cccc(S(=O)(=O)C(F)(F)F)c1. The van der Waals surface area contributed by atoms with Crippen molar-refractivity contribution in [1.82, 2.24) is 10.2 Å². The number of nitrogens with zero attached hydrogens (tertiary/aromatic N) is 1. The number of halogens is 3. The van der Waals surface area contributed by atoms with E-state index in [1.165, 1.54) is 12.1 Å². The predicted molar refractivity (Wildman–Crippen MR) is 135 cm³/mol. The zero-order chi connectivity index (χ0) is 26.8. The number of carboxylic acid groups (broad SMARTS) is 1. The predicted octanol–water partition coefficient (Wildman–Crippen LogP) is 6.32. The van der Waals surface area contributed by atoms with Crippen molar-refractivity contribution in [3.63, 3.8) is 0 Å². The Morgan fingerprint density at radius 3 is 2.35 bits per heavy atom. The maximum Gasteiger partial charge on any atom is 0.501 e. The van der Waals surface area contributed by atoms with Crippen LogP contribution in [0.5, 0.6) is 0 Å². The van der Waals surface area contributed by atoms with Crippen LogP contribution in [0.25, 0.3) is 28.1 Å². The summed E-state index contributed by atoms with van der Waals surface area (Å²) in [5, 5.41) is 16.6. The van der Waals surface area contributed by atoms with Crippen LogP contribution in [0.4, 0.5) is 13.2 Å². The van der Waals surface area contributed by atoms with Crippen molar-refractivity contribution in [3.05, 3.63) is 101 Å². The van der Waals surface area contributed by atoms with Crippen molar-refractivity contribution >= 4 is 43.9 Å². The van der Waals surface area contributed by atoms with Crippen molar-refractivity contribution in [1.29, 1.82) is 0 Å². The highest BCUT2D eigenvalue weighted by Crippen LogP contribution is 2.37. The molecule has 1 aromatic heterocycles. The van der Waals surface area contributed by atoms with Crippen LogP contribution in [0.1, 0.15) is 35.6 Å². The zero-order valence-electron chi connectivity index (χ0n) is 19.5. The van der Waals surface area contributed by atoms with Gasteiger partial charge in [-0.15, -0.1) is 0 Å². The summed E-state index contributed by atoms with van der Waals surface area (Å²) in [6.07, 6.45) is 4.50. The largest absolute Gasteiger partial charge is 0.501 e. The number of hydrogen-bond donors (Lipinski definition) is 2. The molecule has 0 amide bonds. The number of benzene rings is 3. The topological polar surface area (TPSA) is 100 Å². The van der Waals surface area contributed by atoms with Crippen LogP contribution in [0, 0.1) is 0 Å². The number of aromatic nitrogens is 2. The average molecular weight is 527 g/mol. The Morgan fingerprint density at radius 2 is 1.70 bits per heavy atom. The number of carbonyl (C=O) groups is 1. The number of aromatic amines is 1. The minimum Gasteiger partial charge on any atom is -0.478 e. The summed E-state index contributed by atoms with van der Waals surface area (Å²) in [6.45, 7) is 1.83. The maximum absolute atomic E-state index is 13.2. The lowest BCUT2D eigenvalue weighted by molar-refractivity contribution is -0.131. The first-order chi connectivity index (χ1) is 17.5. The average Bonchev–Trinajstić information content (AvgIpc) is 3.34. The van der Waals surface area contributed by atoms with E-state index in [1.54, 1.807) is 36.5 Å². The Labute approximate surface area is 210 Å². The summed E-state index contributed by atoms with van der Waals surface area (Å²) >= 11 is 0. The van der Waals surface area contributed by atoms with E-state index in [2.05, 4.69) is 10.2 Å². The number of aliphatic carboxylic acids is 1. The molecule has 4 rings (SSSR count). The Kier molecular flexibility index (Phi) is 7.04. The molecule has 2 N–H and O–H groups in total. The highest BCUT2D eigenvalue weighted by molar-refractivity contribution is 7.92. The van der Waals surface area contributed by atoms with Crippen LogP contribution in [0.2, 0.25) is 0 Å². The molecule has 1 heterocycles. The van der Waals surface area contributed by atoms with E-state index in [0.29, 0.717) is 28.7 Å². The third-order valence-corrected chi connectivity index (χ3v) is 7.28.